The third-order valence-corrected chi connectivity index (χ3v) is 4.61. The monoisotopic (exact) mass is 326 g/mol. The predicted octanol–water partition coefficient (Wildman–Crippen LogP) is 3.22. The summed E-state index contributed by atoms with van der Waals surface area (Å²) in [7, 11) is 0. The second-order valence-corrected chi connectivity index (χ2v) is 6.30. The number of pyridine rings is 1. The summed E-state index contributed by atoms with van der Waals surface area (Å²) in [6, 6.07) is 3.75. The standard InChI is InChI=1S/C19H22N2O3/c1-3-10-24-19(23)16-12(2)21-14-7-4-8-15(22)18(14)17(16)13-6-5-9-20-11-13/h5-6,9,11,17-18H,3-4,7-8,10H2,1-2H3. The molecule has 1 aliphatic carbocycles. The van der Waals surface area contributed by atoms with Gasteiger partial charge in [0.05, 0.1) is 18.1 Å². The molecular formula is C19H22N2O3. The van der Waals surface area contributed by atoms with Crippen molar-refractivity contribution in [1.82, 2.24) is 4.98 Å². The van der Waals surface area contributed by atoms with Crippen LogP contribution in [0.2, 0.25) is 0 Å². The number of aliphatic imine (C=N–C) groups is 1. The molecule has 2 unspecified atom stereocenters. The molecule has 1 aromatic rings. The Kier molecular flexibility index (Phi) is 4.88. The molecule has 2 heterocycles. The smallest absolute Gasteiger partial charge is 0.336 e. The topological polar surface area (TPSA) is 68.6 Å². The first-order valence-corrected chi connectivity index (χ1v) is 8.51. The van der Waals surface area contributed by atoms with Crippen LogP contribution in [-0.2, 0) is 14.3 Å². The first kappa shape index (κ1) is 16.6. The molecule has 5 heteroatoms. The molecule has 24 heavy (non-hydrogen) atoms. The van der Waals surface area contributed by atoms with Crippen molar-refractivity contribution in [2.24, 2.45) is 10.9 Å². The van der Waals surface area contributed by atoms with Crippen LogP contribution in [0.1, 0.15) is 51.0 Å². The van der Waals surface area contributed by atoms with Gasteiger partial charge in [0.25, 0.3) is 0 Å². The van der Waals surface area contributed by atoms with E-state index in [2.05, 4.69) is 9.98 Å². The maximum absolute atomic E-state index is 12.7. The van der Waals surface area contributed by atoms with E-state index in [9.17, 15) is 9.59 Å². The van der Waals surface area contributed by atoms with Gasteiger partial charge in [-0.25, -0.2) is 4.79 Å². The van der Waals surface area contributed by atoms with Crippen molar-refractivity contribution in [2.45, 2.75) is 45.4 Å². The third kappa shape index (κ3) is 3.03. The molecule has 0 bridgehead atoms. The van der Waals surface area contributed by atoms with E-state index in [1.165, 1.54) is 0 Å². The van der Waals surface area contributed by atoms with Gasteiger partial charge >= 0.3 is 5.97 Å². The number of nitrogens with zero attached hydrogens (tertiary/aromatic N) is 2. The molecule has 0 aromatic carbocycles. The Morgan fingerprint density at radius 2 is 2.17 bits per heavy atom. The van der Waals surface area contributed by atoms with Gasteiger partial charge < -0.3 is 4.74 Å². The maximum Gasteiger partial charge on any atom is 0.336 e. The molecule has 2 aliphatic rings. The highest BCUT2D eigenvalue weighted by Crippen LogP contribution is 2.42. The van der Waals surface area contributed by atoms with E-state index in [0.29, 0.717) is 24.3 Å². The van der Waals surface area contributed by atoms with Crippen molar-refractivity contribution in [3.8, 4) is 0 Å². The second-order valence-electron chi connectivity index (χ2n) is 6.30. The van der Waals surface area contributed by atoms with Crippen molar-refractivity contribution >= 4 is 17.5 Å². The van der Waals surface area contributed by atoms with Gasteiger partial charge in [-0.2, -0.15) is 0 Å². The normalized spacial score (nSPS) is 23.6. The van der Waals surface area contributed by atoms with Crippen molar-refractivity contribution in [2.75, 3.05) is 6.61 Å². The number of ketones is 1. The van der Waals surface area contributed by atoms with Crippen molar-refractivity contribution in [3.63, 3.8) is 0 Å². The Morgan fingerprint density at radius 3 is 2.88 bits per heavy atom. The molecule has 5 nitrogen and oxygen atoms in total. The number of hydrogen-bond donors (Lipinski definition) is 0. The van der Waals surface area contributed by atoms with Crippen molar-refractivity contribution in [1.29, 1.82) is 0 Å². The number of allylic oxidation sites excluding steroid dienone is 1. The SMILES string of the molecule is CCCOC(=O)C1=C(C)N=C2CCCC(=O)C2C1c1cccnc1. The van der Waals surface area contributed by atoms with Crippen LogP contribution in [0.25, 0.3) is 0 Å². The van der Waals surface area contributed by atoms with E-state index in [-0.39, 0.29) is 23.6 Å². The molecule has 2 atom stereocenters. The highest BCUT2D eigenvalue weighted by atomic mass is 16.5. The summed E-state index contributed by atoms with van der Waals surface area (Å²) in [6.45, 7) is 4.15. The zero-order chi connectivity index (χ0) is 17.1. The minimum atomic E-state index is -0.371. The summed E-state index contributed by atoms with van der Waals surface area (Å²) in [4.78, 5) is 34.0. The number of fused-ring (bicyclic) bond motifs is 1. The van der Waals surface area contributed by atoms with E-state index in [1.807, 2.05) is 26.0 Å². The lowest BCUT2D eigenvalue weighted by Gasteiger charge is -2.35. The molecular weight excluding hydrogens is 304 g/mol. The predicted molar refractivity (Wildman–Crippen MR) is 90.7 cm³/mol. The van der Waals surface area contributed by atoms with Crippen LogP contribution in [0.5, 0.6) is 0 Å². The molecule has 1 fully saturated rings. The van der Waals surface area contributed by atoms with E-state index in [0.717, 1.165) is 30.5 Å². The number of carbonyl (C=O) groups excluding carboxylic acids is 2. The van der Waals surface area contributed by atoms with Gasteiger partial charge in [0.1, 0.15) is 5.78 Å². The zero-order valence-electron chi connectivity index (χ0n) is 14.1. The van der Waals surface area contributed by atoms with Crippen LogP contribution in [0.4, 0.5) is 0 Å². The maximum atomic E-state index is 12.7. The summed E-state index contributed by atoms with van der Waals surface area (Å²) in [5, 5.41) is 0. The van der Waals surface area contributed by atoms with E-state index in [4.69, 9.17) is 4.74 Å². The zero-order valence-corrected chi connectivity index (χ0v) is 14.1. The van der Waals surface area contributed by atoms with Gasteiger partial charge in [-0.15, -0.1) is 0 Å². The average Bonchev–Trinajstić information content (AvgIpc) is 2.59. The fourth-order valence-corrected chi connectivity index (χ4v) is 3.58. The number of esters is 1. The minimum absolute atomic E-state index is 0.155. The molecule has 1 saturated carbocycles. The van der Waals surface area contributed by atoms with Gasteiger partial charge in [0.2, 0.25) is 0 Å². The van der Waals surface area contributed by atoms with Crippen molar-refractivity contribution in [3.05, 3.63) is 41.4 Å². The van der Waals surface area contributed by atoms with Gasteiger partial charge in [-0.3, -0.25) is 14.8 Å². The fraction of sp³-hybridized carbons (Fsp3) is 0.474. The van der Waals surface area contributed by atoms with Crippen LogP contribution >= 0.6 is 0 Å². The van der Waals surface area contributed by atoms with Crippen LogP contribution in [0.15, 0.2) is 40.8 Å². The highest BCUT2D eigenvalue weighted by molar-refractivity contribution is 6.11. The van der Waals surface area contributed by atoms with Crippen molar-refractivity contribution < 1.29 is 14.3 Å². The molecule has 1 aliphatic heterocycles. The average molecular weight is 326 g/mol. The summed E-state index contributed by atoms with van der Waals surface area (Å²) in [5.41, 5.74) is 2.92. The molecule has 126 valence electrons. The van der Waals surface area contributed by atoms with Gasteiger partial charge in [0, 0.05) is 36.1 Å². The summed E-state index contributed by atoms with van der Waals surface area (Å²) in [5.74, 6) is -0.925. The van der Waals surface area contributed by atoms with Gasteiger partial charge in [-0.05, 0) is 37.8 Å². The number of carbonyl (C=O) groups is 2. The van der Waals surface area contributed by atoms with Crippen LogP contribution in [0, 0.1) is 5.92 Å². The number of rotatable bonds is 4. The Hall–Kier alpha value is -2.30. The molecule has 0 spiro atoms. The third-order valence-electron chi connectivity index (χ3n) is 4.61. The number of ether oxygens (including phenoxy) is 1. The quantitative estimate of drug-likeness (QED) is 0.797. The summed E-state index contributed by atoms with van der Waals surface area (Å²) in [6.07, 6.45) is 6.35. The summed E-state index contributed by atoms with van der Waals surface area (Å²) >= 11 is 0. The largest absolute Gasteiger partial charge is 0.462 e. The first-order valence-electron chi connectivity index (χ1n) is 8.51. The van der Waals surface area contributed by atoms with Crippen LogP contribution < -0.4 is 0 Å². The molecule has 0 radical (unpaired) electrons. The lowest BCUT2D eigenvalue weighted by Crippen LogP contribution is -2.39. The van der Waals surface area contributed by atoms with E-state index >= 15 is 0 Å². The lowest BCUT2D eigenvalue weighted by molar-refractivity contribution is -0.139. The Balaban J connectivity index is 2.09. The lowest BCUT2D eigenvalue weighted by atomic mass is 9.70. The van der Waals surface area contributed by atoms with E-state index in [1.54, 1.807) is 12.4 Å². The minimum Gasteiger partial charge on any atom is -0.462 e. The molecule has 0 amide bonds. The van der Waals surface area contributed by atoms with Crippen LogP contribution in [-0.4, -0.2) is 29.1 Å². The molecule has 1 aromatic heterocycles. The molecule has 0 N–H and O–H groups in total. The molecule has 0 saturated heterocycles. The Morgan fingerprint density at radius 1 is 1.33 bits per heavy atom. The first-order chi connectivity index (χ1) is 11.6. The highest BCUT2D eigenvalue weighted by Gasteiger charge is 2.43. The molecule has 3 rings (SSSR count). The fourth-order valence-electron chi connectivity index (χ4n) is 3.58. The van der Waals surface area contributed by atoms with E-state index < -0.39 is 0 Å². The number of aromatic nitrogens is 1. The van der Waals surface area contributed by atoms with Gasteiger partial charge in [0.15, 0.2) is 0 Å². The number of Topliss-reactive ketones (excluding diaryl/α,β-unsaturated/α-hetero) is 1. The second kappa shape index (κ2) is 7.07. The Labute approximate surface area is 141 Å². The van der Waals surface area contributed by atoms with Crippen LogP contribution in [0.3, 0.4) is 0 Å². The van der Waals surface area contributed by atoms with Gasteiger partial charge in [-0.1, -0.05) is 13.0 Å². The number of hydrogen-bond acceptors (Lipinski definition) is 5. The Bertz CT molecular complexity index is 707. The summed E-state index contributed by atoms with van der Waals surface area (Å²) < 4.78 is 5.37.